The number of aromatic nitrogens is 2. The van der Waals surface area contributed by atoms with Gasteiger partial charge in [-0.15, -0.1) is 0 Å². The summed E-state index contributed by atoms with van der Waals surface area (Å²) in [6, 6.07) is 0.244. The predicted molar refractivity (Wildman–Crippen MR) is 66.7 cm³/mol. The number of hydrogen-bond donors (Lipinski definition) is 1. The predicted octanol–water partition coefficient (Wildman–Crippen LogP) is 2.20. The van der Waals surface area contributed by atoms with Crippen LogP contribution >= 0.6 is 23.8 Å². The smallest absolute Gasteiger partial charge is 0.393 e. The van der Waals surface area contributed by atoms with Gasteiger partial charge in [-0.3, -0.25) is 0 Å². The van der Waals surface area contributed by atoms with Crippen LogP contribution < -0.4 is 10.6 Å². The Morgan fingerprint density at radius 3 is 2.61 bits per heavy atom. The first-order valence-electron chi connectivity index (χ1n) is 5.34. The van der Waals surface area contributed by atoms with Crippen molar-refractivity contribution < 1.29 is 13.2 Å². The number of thiocarbonyl (C=S) groups is 1. The fourth-order valence-corrected chi connectivity index (χ4v) is 2.37. The first-order chi connectivity index (χ1) is 8.38. The second-order valence-electron chi connectivity index (χ2n) is 4.04. The topological polar surface area (TPSA) is 55.0 Å². The molecule has 1 aromatic rings. The summed E-state index contributed by atoms with van der Waals surface area (Å²) in [7, 11) is 0. The minimum absolute atomic E-state index is 0.244. The quantitative estimate of drug-likeness (QED) is 0.844. The summed E-state index contributed by atoms with van der Waals surface area (Å²) >= 11 is 5.54. The molecule has 100 valence electrons. The molecule has 0 aromatic carbocycles. The van der Waals surface area contributed by atoms with Crippen molar-refractivity contribution >= 4 is 33.9 Å². The van der Waals surface area contributed by atoms with Gasteiger partial charge in [0.2, 0.25) is 11.0 Å². The summed E-state index contributed by atoms with van der Waals surface area (Å²) in [5.74, 6) is -1.08. The number of hydrogen-bond acceptors (Lipinski definition) is 5. The number of nitrogens with zero attached hydrogens (tertiary/aromatic N) is 3. The van der Waals surface area contributed by atoms with E-state index in [1.807, 2.05) is 4.90 Å². The second-order valence-corrected chi connectivity index (χ2v) is 5.29. The van der Waals surface area contributed by atoms with Crippen molar-refractivity contribution in [1.29, 1.82) is 0 Å². The van der Waals surface area contributed by atoms with E-state index in [0.29, 0.717) is 23.1 Å². The molecule has 0 aliphatic heterocycles. The van der Waals surface area contributed by atoms with Crippen LogP contribution in [0.15, 0.2) is 0 Å². The zero-order valence-corrected chi connectivity index (χ0v) is 10.9. The lowest BCUT2D eigenvalue weighted by atomic mass is 10.4. The van der Waals surface area contributed by atoms with Gasteiger partial charge < -0.3 is 10.6 Å². The van der Waals surface area contributed by atoms with E-state index in [4.69, 9.17) is 18.0 Å². The highest BCUT2D eigenvalue weighted by atomic mass is 32.1. The maximum atomic E-state index is 12.4. The van der Waals surface area contributed by atoms with Gasteiger partial charge in [-0.2, -0.15) is 22.5 Å². The Bertz CT molecular complexity index is 441. The SMILES string of the molecule is NC(=S)CCN(c1nc(C(F)(F)F)ns1)C1CC1. The third-order valence-electron chi connectivity index (χ3n) is 2.50. The fourth-order valence-electron chi connectivity index (χ4n) is 1.50. The third kappa shape index (κ3) is 3.29. The summed E-state index contributed by atoms with van der Waals surface area (Å²) in [6.45, 7) is 0.493. The highest BCUT2D eigenvalue weighted by molar-refractivity contribution is 7.80. The van der Waals surface area contributed by atoms with E-state index in [2.05, 4.69) is 9.36 Å². The molecular formula is C9H11F3N4S2. The van der Waals surface area contributed by atoms with Gasteiger partial charge >= 0.3 is 6.18 Å². The van der Waals surface area contributed by atoms with Crippen LogP contribution in [-0.4, -0.2) is 26.9 Å². The second kappa shape index (κ2) is 4.96. The van der Waals surface area contributed by atoms with Gasteiger partial charge in [0.25, 0.3) is 0 Å². The van der Waals surface area contributed by atoms with Gasteiger partial charge in [-0.1, -0.05) is 12.2 Å². The van der Waals surface area contributed by atoms with Crippen LogP contribution in [0.4, 0.5) is 18.3 Å². The molecule has 0 atom stereocenters. The number of nitrogens with two attached hydrogens (primary N) is 1. The molecule has 1 aromatic heterocycles. The van der Waals surface area contributed by atoms with Crippen LogP contribution in [0.5, 0.6) is 0 Å². The summed E-state index contributed by atoms with van der Waals surface area (Å²) in [6.07, 6.45) is -2.11. The Labute approximate surface area is 111 Å². The van der Waals surface area contributed by atoms with Crippen LogP contribution in [0.1, 0.15) is 25.1 Å². The average Bonchev–Trinajstić information content (AvgIpc) is 2.93. The number of rotatable bonds is 5. The average molecular weight is 296 g/mol. The lowest BCUT2D eigenvalue weighted by Crippen LogP contribution is -2.29. The lowest BCUT2D eigenvalue weighted by molar-refractivity contribution is -0.144. The van der Waals surface area contributed by atoms with Crippen molar-refractivity contribution in [3.63, 3.8) is 0 Å². The fraction of sp³-hybridized carbons (Fsp3) is 0.667. The zero-order valence-electron chi connectivity index (χ0n) is 9.28. The van der Waals surface area contributed by atoms with Crippen LogP contribution in [-0.2, 0) is 6.18 Å². The van der Waals surface area contributed by atoms with E-state index < -0.39 is 12.0 Å². The highest BCUT2D eigenvalue weighted by Gasteiger charge is 2.38. The molecule has 1 aliphatic carbocycles. The van der Waals surface area contributed by atoms with Gasteiger partial charge in [0.15, 0.2) is 0 Å². The Morgan fingerprint density at radius 2 is 2.17 bits per heavy atom. The molecule has 1 heterocycles. The molecule has 4 nitrogen and oxygen atoms in total. The Kier molecular flexibility index (Phi) is 3.71. The summed E-state index contributed by atoms with van der Waals surface area (Å²) in [4.78, 5) is 5.71. The van der Waals surface area contributed by atoms with E-state index >= 15 is 0 Å². The van der Waals surface area contributed by atoms with Crippen molar-refractivity contribution in [3.05, 3.63) is 5.82 Å². The molecule has 0 radical (unpaired) electrons. The maximum absolute atomic E-state index is 12.4. The first kappa shape index (κ1) is 13.5. The Morgan fingerprint density at radius 1 is 1.50 bits per heavy atom. The van der Waals surface area contributed by atoms with Crippen LogP contribution in [0.2, 0.25) is 0 Å². The molecule has 0 saturated heterocycles. The molecule has 9 heteroatoms. The lowest BCUT2D eigenvalue weighted by Gasteiger charge is -2.20. The van der Waals surface area contributed by atoms with Gasteiger partial charge in [0.05, 0.1) is 4.99 Å². The normalized spacial score (nSPS) is 15.7. The van der Waals surface area contributed by atoms with Crippen molar-refractivity contribution in [1.82, 2.24) is 9.36 Å². The highest BCUT2D eigenvalue weighted by Crippen LogP contribution is 2.35. The summed E-state index contributed by atoms with van der Waals surface area (Å²) in [5, 5.41) is 0.293. The number of anilines is 1. The van der Waals surface area contributed by atoms with Crippen molar-refractivity contribution in [2.45, 2.75) is 31.5 Å². The zero-order chi connectivity index (χ0) is 13.3. The Hall–Kier alpha value is -0.960. The number of alkyl halides is 3. The van der Waals surface area contributed by atoms with E-state index in [0.717, 1.165) is 24.4 Å². The summed E-state index contributed by atoms with van der Waals surface area (Å²) in [5.41, 5.74) is 5.41. The standard InChI is InChI=1S/C9H11F3N4S2/c10-9(11,12)7-14-8(18-15-7)16(5-1-2-5)4-3-6(13)17/h5H,1-4H2,(H2,13,17). The van der Waals surface area contributed by atoms with Crippen molar-refractivity contribution in [2.24, 2.45) is 5.73 Å². The third-order valence-corrected chi connectivity index (χ3v) is 3.46. The van der Waals surface area contributed by atoms with E-state index in [1.54, 1.807) is 0 Å². The molecule has 0 spiro atoms. The van der Waals surface area contributed by atoms with Crippen LogP contribution in [0.3, 0.4) is 0 Å². The molecule has 1 saturated carbocycles. The summed E-state index contributed by atoms with van der Waals surface area (Å²) < 4.78 is 40.6. The van der Waals surface area contributed by atoms with Crippen LogP contribution in [0, 0.1) is 0 Å². The molecule has 18 heavy (non-hydrogen) atoms. The molecule has 0 bridgehead atoms. The minimum Gasteiger partial charge on any atom is -0.393 e. The van der Waals surface area contributed by atoms with Gasteiger partial charge in [0, 0.05) is 30.5 Å². The maximum Gasteiger partial charge on any atom is 0.452 e. The molecule has 0 unspecified atom stereocenters. The Balaban J connectivity index is 2.10. The van der Waals surface area contributed by atoms with Gasteiger partial charge in [-0.25, -0.2) is 0 Å². The molecule has 0 amide bonds. The van der Waals surface area contributed by atoms with Crippen molar-refractivity contribution in [3.8, 4) is 0 Å². The number of halogens is 3. The van der Waals surface area contributed by atoms with Crippen molar-refractivity contribution in [2.75, 3.05) is 11.4 Å². The largest absolute Gasteiger partial charge is 0.452 e. The first-order valence-corrected chi connectivity index (χ1v) is 6.52. The van der Waals surface area contributed by atoms with E-state index in [-0.39, 0.29) is 6.04 Å². The molecular weight excluding hydrogens is 285 g/mol. The molecule has 1 fully saturated rings. The van der Waals surface area contributed by atoms with Gasteiger partial charge in [0.1, 0.15) is 0 Å². The monoisotopic (exact) mass is 296 g/mol. The van der Waals surface area contributed by atoms with Crippen LogP contribution in [0.25, 0.3) is 0 Å². The van der Waals surface area contributed by atoms with Gasteiger partial charge in [-0.05, 0) is 12.8 Å². The molecule has 2 rings (SSSR count). The molecule has 1 aliphatic rings. The van der Waals surface area contributed by atoms with E-state index in [1.165, 1.54) is 0 Å². The minimum atomic E-state index is -4.49. The van der Waals surface area contributed by atoms with E-state index in [9.17, 15) is 13.2 Å². The molecule has 2 N–H and O–H groups in total.